The van der Waals surface area contributed by atoms with Crippen LogP contribution in [-0.2, 0) is 17.1 Å². The summed E-state index contributed by atoms with van der Waals surface area (Å²) < 4.78 is 28.6. The summed E-state index contributed by atoms with van der Waals surface area (Å²) in [6.45, 7) is 0. The van der Waals surface area contributed by atoms with E-state index in [0.717, 1.165) is 39.4 Å². The van der Waals surface area contributed by atoms with E-state index in [1.165, 1.54) is 0 Å². The number of hydrogen-bond acceptors (Lipinski definition) is 3. The average molecular weight is 378 g/mol. The summed E-state index contributed by atoms with van der Waals surface area (Å²) in [6.07, 6.45) is 1.16. The Bertz CT molecular complexity index is 1250. The second-order valence-corrected chi connectivity index (χ2v) is 8.26. The van der Waals surface area contributed by atoms with E-state index in [4.69, 9.17) is 0 Å². The van der Waals surface area contributed by atoms with Gasteiger partial charge in [-0.25, -0.2) is 8.42 Å². The Kier molecular flexibility index (Phi) is 4.20. The largest absolute Gasteiger partial charge is 0.354 e. The zero-order chi connectivity index (χ0) is 19.0. The maximum Gasteiger partial charge on any atom is 0.229 e. The highest BCUT2D eigenvalue weighted by molar-refractivity contribution is 7.92. The molecule has 0 aliphatic heterocycles. The van der Waals surface area contributed by atoms with E-state index in [1.807, 2.05) is 67.7 Å². The van der Waals surface area contributed by atoms with Gasteiger partial charge in [0.05, 0.1) is 28.4 Å². The lowest BCUT2D eigenvalue weighted by Gasteiger charge is -2.15. The van der Waals surface area contributed by atoms with Crippen LogP contribution in [0.5, 0.6) is 0 Å². The van der Waals surface area contributed by atoms with Gasteiger partial charge in [0, 0.05) is 17.8 Å². The fourth-order valence-corrected chi connectivity index (χ4v) is 3.97. The van der Waals surface area contributed by atoms with Crippen LogP contribution in [0, 0.1) is 0 Å². The maximum atomic E-state index is 11.9. The number of anilines is 3. The van der Waals surface area contributed by atoms with E-state index in [9.17, 15) is 8.42 Å². The maximum absolute atomic E-state index is 11.9. The lowest BCUT2D eigenvalue weighted by Crippen LogP contribution is -2.30. The molecule has 0 aliphatic carbocycles. The first kappa shape index (κ1) is 17.3. The molecular weight excluding hydrogens is 358 g/mol. The molecule has 2 N–H and O–H groups in total. The Morgan fingerprint density at radius 3 is 2.22 bits per heavy atom. The summed E-state index contributed by atoms with van der Waals surface area (Å²) in [6, 6.07) is 23.6. The number of nitrogens with one attached hydrogen (secondary N) is 2. The fraction of sp³-hybridized carbons (Fsp3) is 0.0952. The Labute approximate surface area is 158 Å². The van der Waals surface area contributed by atoms with Crippen LogP contribution in [0.2, 0.25) is 0 Å². The number of hydrogen-bond donors (Lipinski definition) is 2. The molecule has 4 aromatic rings. The molecule has 0 atom stereocenters. The van der Waals surface area contributed by atoms with Gasteiger partial charge in [-0.15, -0.1) is 0 Å². The van der Waals surface area contributed by atoms with Crippen LogP contribution in [0.15, 0.2) is 72.8 Å². The lowest BCUT2D eigenvalue weighted by molar-refractivity contribution is -0.617. The standard InChI is InChI=1S/C21H19N3O2S/c1-24-18-13-7-6-11-16(18)21(22-15-9-4-3-5-10-15)20-17(23-27(2,25)26)12-8-14-19(20)24/h3-14H,1-2H3,(H,22,23)/p+1. The van der Waals surface area contributed by atoms with Gasteiger partial charge in [0.15, 0.2) is 0 Å². The van der Waals surface area contributed by atoms with Crippen LogP contribution in [0.1, 0.15) is 0 Å². The zero-order valence-electron chi connectivity index (χ0n) is 15.1. The van der Waals surface area contributed by atoms with Gasteiger partial charge in [-0.2, -0.15) is 4.57 Å². The van der Waals surface area contributed by atoms with Crippen LogP contribution in [-0.4, -0.2) is 14.7 Å². The van der Waals surface area contributed by atoms with Crippen LogP contribution in [0.3, 0.4) is 0 Å². The monoisotopic (exact) mass is 378 g/mol. The normalized spacial score (nSPS) is 11.6. The molecule has 0 spiro atoms. The summed E-state index contributed by atoms with van der Waals surface area (Å²) in [5, 5.41) is 5.34. The quantitative estimate of drug-likeness (QED) is 0.418. The third kappa shape index (κ3) is 3.31. The number of pyridine rings is 1. The summed E-state index contributed by atoms with van der Waals surface area (Å²) in [4.78, 5) is 0. The highest BCUT2D eigenvalue weighted by Gasteiger charge is 2.21. The first-order chi connectivity index (χ1) is 12.9. The molecule has 0 aliphatic rings. The van der Waals surface area contributed by atoms with Gasteiger partial charge in [-0.1, -0.05) is 36.4 Å². The van der Waals surface area contributed by atoms with Gasteiger partial charge in [-0.05, 0) is 24.3 Å². The number of sulfonamides is 1. The number of fused-ring (bicyclic) bond motifs is 2. The van der Waals surface area contributed by atoms with Gasteiger partial charge < -0.3 is 5.32 Å². The van der Waals surface area contributed by atoms with E-state index >= 15 is 0 Å². The highest BCUT2D eigenvalue weighted by atomic mass is 32.2. The van der Waals surface area contributed by atoms with Crippen molar-refractivity contribution in [3.8, 4) is 0 Å². The van der Waals surface area contributed by atoms with Crippen LogP contribution < -0.4 is 14.6 Å². The SMILES string of the molecule is C[n+]1c2ccccc2c(Nc2ccccc2)c2c(NS(C)(=O)=O)cccc21. The minimum absolute atomic E-state index is 0.551. The number of rotatable bonds is 4. The number of benzene rings is 3. The summed E-state index contributed by atoms with van der Waals surface area (Å²) in [7, 11) is -1.42. The Hall–Kier alpha value is -3.12. The molecule has 4 rings (SSSR count). The molecule has 136 valence electrons. The van der Waals surface area contributed by atoms with E-state index < -0.39 is 10.0 Å². The van der Waals surface area contributed by atoms with Crippen LogP contribution in [0.25, 0.3) is 21.8 Å². The first-order valence-corrected chi connectivity index (χ1v) is 10.5. The van der Waals surface area contributed by atoms with Gasteiger partial charge in [0.1, 0.15) is 7.05 Å². The lowest BCUT2D eigenvalue weighted by atomic mass is 10.1. The molecule has 0 saturated carbocycles. The van der Waals surface area contributed by atoms with Gasteiger partial charge in [-0.3, -0.25) is 4.72 Å². The second-order valence-electron chi connectivity index (χ2n) is 6.52. The summed E-state index contributed by atoms with van der Waals surface area (Å²) in [5.74, 6) is 0. The molecule has 0 saturated heterocycles. The van der Waals surface area contributed by atoms with Crippen molar-refractivity contribution < 1.29 is 13.0 Å². The number of para-hydroxylation sites is 2. The van der Waals surface area contributed by atoms with E-state index in [1.54, 1.807) is 6.07 Å². The van der Waals surface area contributed by atoms with Crippen molar-refractivity contribution in [2.75, 3.05) is 16.3 Å². The fourth-order valence-electron chi connectivity index (χ4n) is 3.40. The first-order valence-electron chi connectivity index (χ1n) is 8.57. The van der Waals surface area contributed by atoms with Crippen molar-refractivity contribution in [2.24, 2.45) is 7.05 Å². The Morgan fingerprint density at radius 1 is 0.815 bits per heavy atom. The average Bonchev–Trinajstić information content (AvgIpc) is 2.65. The van der Waals surface area contributed by atoms with E-state index in [2.05, 4.69) is 20.7 Å². The molecule has 0 amide bonds. The third-order valence-electron chi connectivity index (χ3n) is 4.53. The third-order valence-corrected chi connectivity index (χ3v) is 5.12. The second kappa shape index (κ2) is 6.55. The number of nitrogens with zero attached hydrogens (tertiary/aromatic N) is 1. The molecule has 0 fully saturated rings. The predicted octanol–water partition coefficient (Wildman–Crippen LogP) is 3.93. The summed E-state index contributed by atoms with van der Waals surface area (Å²) >= 11 is 0. The van der Waals surface area contributed by atoms with Crippen molar-refractivity contribution in [1.29, 1.82) is 0 Å². The van der Waals surface area contributed by atoms with Crippen LogP contribution in [0.4, 0.5) is 17.1 Å². The van der Waals surface area contributed by atoms with Gasteiger partial charge >= 0.3 is 0 Å². The van der Waals surface area contributed by atoms with Crippen molar-refractivity contribution in [3.63, 3.8) is 0 Å². The van der Waals surface area contributed by atoms with Crippen molar-refractivity contribution in [2.45, 2.75) is 0 Å². The predicted molar refractivity (Wildman–Crippen MR) is 111 cm³/mol. The highest BCUT2D eigenvalue weighted by Crippen LogP contribution is 2.36. The number of aryl methyl sites for hydroxylation is 1. The van der Waals surface area contributed by atoms with Crippen molar-refractivity contribution >= 4 is 48.9 Å². The molecule has 5 nitrogen and oxygen atoms in total. The Morgan fingerprint density at radius 2 is 1.48 bits per heavy atom. The topological polar surface area (TPSA) is 62.1 Å². The molecule has 6 heteroatoms. The molecule has 27 heavy (non-hydrogen) atoms. The van der Waals surface area contributed by atoms with Crippen molar-refractivity contribution in [3.05, 3.63) is 72.8 Å². The minimum Gasteiger partial charge on any atom is -0.354 e. The zero-order valence-corrected chi connectivity index (χ0v) is 15.9. The molecule has 0 radical (unpaired) electrons. The van der Waals surface area contributed by atoms with Crippen LogP contribution >= 0.6 is 0 Å². The van der Waals surface area contributed by atoms with Gasteiger partial charge in [0.2, 0.25) is 21.1 Å². The summed E-state index contributed by atoms with van der Waals surface area (Å²) in [5.41, 5.74) is 4.35. The molecule has 3 aromatic carbocycles. The molecule has 1 aromatic heterocycles. The number of aromatic nitrogens is 1. The van der Waals surface area contributed by atoms with E-state index in [0.29, 0.717) is 5.69 Å². The molecule has 1 heterocycles. The minimum atomic E-state index is -3.41. The van der Waals surface area contributed by atoms with Gasteiger partial charge in [0.25, 0.3) is 0 Å². The molecule has 0 bridgehead atoms. The Balaban J connectivity index is 2.11. The molecular formula is C21H20N3O2S+. The van der Waals surface area contributed by atoms with Crippen molar-refractivity contribution in [1.82, 2.24) is 0 Å². The smallest absolute Gasteiger partial charge is 0.229 e. The van der Waals surface area contributed by atoms with E-state index in [-0.39, 0.29) is 0 Å². The molecule has 0 unspecified atom stereocenters.